The first kappa shape index (κ1) is 20.5. The van der Waals surface area contributed by atoms with E-state index >= 15 is 0 Å². The summed E-state index contributed by atoms with van der Waals surface area (Å²) in [5, 5.41) is 5.02. The van der Waals surface area contributed by atoms with E-state index in [2.05, 4.69) is 0 Å². The molecule has 0 aromatic heterocycles. The zero-order chi connectivity index (χ0) is 19.9. The number of rotatable bonds is 9. The average molecular weight is 395 g/mol. The summed E-state index contributed by atoms with van der Waals surface area (Å²) in [6, 6.07) is 10.4. The van der Waals surface area contributed by atoms with Crippen molar-refractivity contribution in [1.82, 2.24) is 0 Å². The minimum absolute atomic E-state index is 0.00844. The van der Waals surface area contributed by atoms with Crippen molar-refractivity contribution in [3.05, 3.63) is 48.0 Å². The van der Waals surface area contributed by atoms with Crippen LogP contribution >= 0.6 is 0 Å². The van der Waals surface area contributed by atoms with Crippen LogP contribution < -0.4 is 19.3 Å². The smallest absolute Gasteiger partial charge is 0.338 e. The zero-order valence-corrected chi connectivity index (χ0v) is 15.8. The van der Waals surface area contributed by atoms with Gasteiger partial charge < -0.3 is 18.9 Å². The molecule has 2 aromatic carbocycles. The topological polar surface area (TPSA) is 114 Å². The first-order chi connectivity index (χ1) is 12.8. The largest absolute Gasteiger partial charge is 0.493 e. The van der Waals surface area contributed by atoms with E-state index in [1.54, 1.807) is 18.2 Å². The van der Waals surface area contributed by atoms with Crippen molar-refractivity contribution in [2.24, 2.45) is 5.14 Å². The second kappa shape index (κ2) is 9.24. The number of primary sulfonamides is 1. The molecule has 0 fully saturated rings. The van der Waals surface area contributed by atoms with Gasteiger partial charge in [0, 0.05) is 0 Å². The fourth-order valence-corrected chi connectivity index (χ4v) is 2.69. The van der Waals surface area contributed by atoms with Gasteiger partial charge in [-0.15, -0.1) is 0 Å². The summed E-state index contributed by atoms with van der Waals surface area (Å²) in [5.41, 5.74) is 0.330. The van der Waals surface area contributed by atoms with E-state index in [4.69, 9.17) is 24.1 Å². The van der Waals surface area contributed by atoms with Gasteiger partial charge >= 0.3 is 5.97 Å². The Hall–Kier alpha value is -2.78. The van der Waals surface area contributed by atoms with Gasteiger partial charge in [0.05, 0.1) is 24.2 Å². The lowest BCUT2D eigenvalue weighted by atomic mass is 10.2. The first-order valence-corrected chi connectivity index (χ1v) is 9.63. The Bertz CT molecular complexity index is 879. The Morgan fingerprint density at radius 3 is 2.30 bits per heavy atom. The van der Waals surface area contributed by atoms with Gasteiger partial charge in [-0.25, -0.2) is 18.4 Å². The van der Waals surface area contributed by atoms with Crippen LogP contribution in [-0.2, 0) is 14.8 Å². The summed E-state index contributed by atoms with van der Waals surface area (Å²) in [7, 11) is -2.23. The SMILES string of the molecule is CCOc1cc(C(=O)OCCOc2ccc(S(N)(=O)=O)cc2)ccc1OC. The number of ether oxygens (including phenoxy) is 4. The summed E-state index contributed by atoms with van der Waals surface area (Å²) in [6.45, 7) is 2.39. The Kier molecular flexibility index (Phi) is 7.03. The van der Waals surface area contributed by atoms with Crippen LogP contribution in [0.1, 0.15) is 17.3 Å². The Morgan fingerprint density at radius 1 is 1.00 bits per heavy atom. The third-order valence-corrected chi connectivity index (χ3v) is 4.37. The zero-order valence-electron chi connectivity index (χ0n) is 15.0. The fraction of sp³-hybridized carbons (Fsp3) is 0.278. The second-order valence-corrected chi connectivity index (χ2v) is 6.86. The monoisotopic (exact) mass is 395 g/mol. The van der Waals surface area contributed by atoms with E-state index in [1.165, 1.54) is 31.4 Å². The lowest BCUT2D eigenvalue weighted by molar-refractivity contribution is 0.0450. The molecule has 0 unspecified atom stereocenters. The van der Waals surface area contributed by atoms with Gasteiger partial charge in [0.25, 0.3) is 0 Å². The number of methoxy groups -OCH3 is 1. The van der Waals surface area contributed by atoms with Crippen LogP contribution in [0.5, 0.6) is 17.2 Å². The van der Waals surface area contributed by atoms with E-state index < -0.39 is 16.0 Å². The maximum atomic E-state index is 12.1. The van der Waals surface area contributed by atoms with Crippen molar-refractivity contribution in [1.29, 1.82) is 0 Å². The van der Waals surface area contributed by atoms with Crippen LogP contribution in [0.2, 0.25) is 0 Å². The molecule has 2 N–H and O–H groups in total. The van der Waals surface area contributed by atoms with E-state index in [0.29, 0.717) is 29.4 Å². The average Bonchev–Trinajstić information content (AvgIpc) is 2.65. The van der Waals surface area contributed by atoms with Gasteiger partial charge in [0.2, 0.25) is 10.0 Å². The predicted octanol–water partition coefficient (Wildman–Crippen LogP) is 1.98. The number of carbonyl (C=O) groups is 1. The predicted molar refractivity (Wildman–Crippen MR) is 97.8 cm³/mol. The van der Waals surface area contributed by atoms with Gasteiger partial charge in [-0.3, -0.25) is 0 Å². The molecular weight excluding hydrogens is 374 g/mol. The summed E-state index contributed by atoms with van der Waals surface area (Å²) in [4.78, 5) is 12.1. The lowest BCUT2D eigenvalue weighted by Crippen LogP contribution is -2.13. The van der Waals surface area contributed by atoms with Gasteiger partial charge in [0.15, 0.2) is 11.5 Å². The lowest BCUT2D eigenvalue weighted by Gasteiger charge is -2.11. The van der Waals surface area contributed by atoms with Crippen molar-refractivity contribution >= 4 is 16.0 Å². The van der Waals surface area contributed by atoms with Crippen LogP contribution in [0.15, 0.2) is 47.4 Å². The molecule has 9 heteroatoms. The molecule has 0 heterocycles. The van der Waals surface area contributed by atoms with Crippen LogP contribution in [0, 0.1) is 0 Å². The van der Waals surface area contributed by atoms with E-state index in [9.17, 15) is 13.2 Å². The van der Waals surface area contributed by atoms with Gasteiger partial charge in [0.1, 0.15) is 19.0 Å². The van der Waals surface area contributed by atoms with Crippen molar-refractivity contribution in [3.8, 4) is 17.2 Å². The van der Waals surface area contributed by atoms with Gasteiger partial charge in [-0.05, 0) is 49.4 Å². The molecule has 0 aliphatic rings. The second-order valence-electron chi connectivity index (χ2n) is 5.30. The number of hydrogen-bond donors (Lipinski definition) is 1. The summed E-state index contributed by atoms with van der Waals surface area (Å²) < 4.78 is 43.5. The Labute approximate surface area is 157 Å². The highest BCUT2D eigenvalue weighted by Crippen LogP contribution is 2.28. The molecule has 0 radical (unpaired) electrons. The molecule has 0 saturated heterocycles. The molecular formula is C18H21NO7S. The summed E-state index contributed by atoms with van der Waals surface area (Å²) in [5.74, 6) is 0.897. The molecule has 0 aliphatic carbocycles. The molecule has 0 amide bonds. The molecule has 0 atom stereocenters. The molecule has 0 spiro atoms. The highest BCUT2D eigenvalue weighted by atomic mass is 32.2. The summed E-state index contributed by atoms with van der Waals surface area (Å²) in [6.07, 6.45) is 0. The number of esters is 1. The van der Waals surface area contributed by atoms with Gasteiger partial charge in [-0.2, -0.15) is 0 Å². The van der Waals surface area contributed by atoms with Crippen molar-refractivity contribution in [2.75, 3.05) is 26.9 Å². The van der Waals surface area contributed by atoms with Crippen molar-refractivity contribution in [3.63, 3.8) is 0 Å². The first-order valence-electron chi connectivity index (χ1n) is 8.08. The fourth-order valence-electron chi connectivity index (χ4n) is 2.17. The van der Waals surface area contributed by atoms with Crippen LogP contribution in [0.3, 0.4) is 0 Å². The third kappa shape index (κ3) is 5.87. The molecule has 146 valence electrons. The Morgan fingerprint density at radius 2 is 1.70 bits per heavy atom. The van der Waals surface area contributed by atoms with Crippen molar-refractivity contribution in [2.45, 2.75) is 11.8 Å². The van der Waals surface area contributed by atoms with Crippen LogP contribution in [0.4, 0.5) is 0 Å². The highest BCUT2D eigenvalue weighted by Gasteiger charge is 2.12. The normalized spacial score (nSPS) is 10.9. The third-order valence-electron chi connectivity index (χ3n) is 3.44. The molecule has 2 rings (SSSR count). The molecule has 8 nitrogen and oxygen atoms in total. The maximum Gasteiger partial charge on any atom is 0.338 e. The van der Waals surface area contributed by atoms with Crippen LogP contribution in [-0.4, -0.2) is 41.3 Å². The van der Waals surface area contributed by atoms with Gasteiger partial charge in [-0.1, -0.05) is 0 Å². The highest BCUT2D eigenvalue weighted by molar-refractivity contribution is 7.89. The number of hydrogen-bond acceptors (Lipinski definition) is 7. The van der Waals surface area contributed by atoms with Crippen molar-refractivity contribution < 1.29 is 32.2 Å². The minimum Gasteiger partial charge on any atom is -0.493 e. The van der Waals surface area contributed by atoms with E-state index in [1.807, 2.05) is 6.92 Å². The maximum absolute atomic E-state index is 12.1. The standard InChI is InChI=1S/C18H21NO7S/c1-3-24-17-12-13(4-9-16(17)23-2)18(20)26-11-10-25-14-5-7-15(8-6-14)27(19,21)22/h4-9,12H,3,10-11H2,1-2H3,(H2,19,21,22). The summed E-state index contributed by atoms with van der Waals surface area (Å²) >= 11 is 0. The number of benzene rings is 2. The minimum atomic E-state index is -3.74. The molecule has 0 aliphatic heterocycles. The Balaban J connectivity index is 1.86. The molecule has 0 saturated carbocycles. The molecule has 27 heavy (non-hydrogen) atoms. The van der Waals surface area contributed by atoms with E-state index in [-0.39, 0.29) is 18.1 Å². The number of carbonyl (C=O) groups excluding carboxylic acids is 1. The molecule has 2 aromatic rings. The molecule has 0 bridgehead atoms. The van der Waals surface area contributed by atoms with E-state index in [0.717, 1.165) is 0 Å². The number of nitrogens with two attached hydrogens (primary N) is 1. The quantitative estimate of drug-likeness (QED) is 0.510. The van der Waals surface area contributed by atoms with Crippen LogP contribution in [0.25, 0.3) is 0 Å². The number of sulfonamides is 1.